The maximum absolute atomic E-state index is 12.9. The average Bonchev–Trinajstić information content (AvgIpc) is 3.15. The van der Waals surface area contributed by atoms with E-state index in [0.717, 1.165) is 22.6 Å². The van der Waals surface area contributed by atoms with E-state index >= 15 is 0 Å². The molecule has 3 aromatic rings. The third-order valence-electron chi connectivity index (χ3n) is 5.49. The number of nitrogens with one attached hydrogen (secondary N) is 1. The Balaban J connectivity index is 1.75. The van der Waals surface area contributed by atoms with E-state index in [9.17, 15) is 9.59 Å². The predicted molar refractivity (Wildman–Crippen MR) is 115 cm³/mol. The molecule has 2 heterocycles. The van der Waals surface area contributed by atoms with Gasteiger partial charge in [-0.05, 0) is 74.7 Å². The lowest BCUT2D eigenvalue weighted by Crippen LogP contribution is -2.35. The lowest BCUT2D eigenvalue weighted by atomic mass is 10.1. The van der Waals surface area contributed by atoms with E-state index in [1.54, 1.807) is 18.2 Å². The molecule has 0 bridgehead atoms. The monoisotopic (exact) mass is 385 g/mol. The van der Waals surface area contributed by atoms with Crippen molar-refractivity contribution in [3.05, 3.63) is 88.2 Å². The van der Waals surface area contributed by atoms with Crippen LogP contribution in [0, 0.1) is 27.7 Å². The summed E-state index contributed by atoms with van der Waals surface area (Å²) in [5.41, 5.74) is 9.85. The van der Waals surface area contributed by atoms with Gasteiger partial charge in [0.25, 0.3) is 11.8 Å². The zero-order valence-corrected chi connectivity index (χ0v) is 17.0. The number of aryl methyl sites for hydroxylation is 2. The number of carbonyl (C=O) groups is 2. The maximum atomic E-state index is 12.9. The molecule has 4 rings (SSSR count). The topological polar surface area (TPSA) is 54.3 Å². The largest absolute Gasteiger partial charge is 0.318 e. The van der Waals surface area contributed by atoms with E-state index < -0.39 is 5.91 Å². The van der Waals surface area contributed by atoms with Crippen molar-refractivity contribution in [3.8, 4) is 5.69 Å². The summed E-state index contributed by atoms with van der Waals surface area (Å²) < 4.78 is 2.17. The minimum absolute atomic E-state index is 0.134. The molecule has 1 aliphatic rings. The Morgan fingerprint density at radius 2 is 1.62 bits per heavy atom. The molecular weight excluding hydrogens is 362 g/mol. The molecule has 0 radical (unpaired) electrons. The Bertz CT molecular complexity index is 1160. The average molecular weight is 385 g/mol. The first kappa shape index (κ1) is 18.7. The van der Waals surface area contributed by atoms with E-state index in [-0.39, 0.29) is 11.5 Å². The summed E-state index contributed by atoms with van der Waals surface area (Å²) in [7, 11) is 0. The van der Waals surface area contributed by atoms with Crippen LogP contribution < -0.4 is 10.4 Å². The molecule has 0 atom stereocenters. The zero-order chi connectivity index (χ0) is 20.7. The molecule has 5 nitrogen and oxygen atoms in total. The molecular formula is C24H23N3O2. The molecule has 5 heteroatoms. The Hall–Kier alpha value is -3.60. The molecule has 0 aliphatic carbocycles. The van der Waals surface area contributed by atoms with Gasteiger partial charge in [-0.15, -0.1) is 0 Å². The fourth-order valence-corrected chi connectivity index (χ4v) is 3.75. The quantitative estimate of drug-likeness (QED) is 0.543. The van der Waals surface area contributed by atoms with Gasteiger partial charge in [-0.2, -0.15) is 0 Å². The second-order valence-electron chi connectivity index (χ2n) is 7.36. The highest BCUT2D eigenvalue weighted by Gasteiger charge is 2.34. The number of rotatable bonds is 3. The van der Waals surface area contributed by atoms with Gasteiger partial charge in [0.1, 0.15) is 5.57 Å². The van der Waals surface area contributed by atoms with Crippen LogP contribution in [-0.2, 0) is 9.59 Å². The number of hydrazine groups is 1. The normalized spacial score (nSPS) is 15.3. The van der Waals surface area contributed by atoms with Crippen LogP contribution in [0.15, 0.2) is 60.2 Å². The third kappa shape index (κ3) is 3.14. The predicted octanol–water partition coefficient (Wildman–Crippen LogP) is 4.17. The highest BCUT2D eigenvalue weighted by atomic mass is 16.2. The van der Waals surface area contributed by atoms with Crippen LogP contribution in [0.4, 0.5) is 5.69 Å². The van der Waals surface area contributed by atoms with E-state index in [1.165, 1.54) is 16.1 Å². The molecule has 1 fully saturated rings. The highest BCUT2D eigenvalue weighted by molar-refractivity contribution is 6.31. The summed E-state index contributed by atoms with van der Waals surface area (Å²) in [5, 5.41) is 1.29. The number of carbonyl (C=O) groups excluding carboxylic acids is 2. The number of aromatic nitrogens is 1. The molecule has 29 heavy (non-hydrogen) atoms. The van der Waals surface area contributed by atoms with Crippen molar-refractivity contribution in [3.63, 3.8) is 0 Å². The van der Waals surface area contributed by atoms with Crippen molar-refractivity contribution in [2.45, 2.75) is 27.7 Å². The number of para-hydroxylation sites is 1. The van der Waals surface area contributed by atoms with Gasteiger partial charge in [0.2, 0.25) is 0 Å². The maximum Gasteiger partial charge on any atom is 0.282 e. The van der Waals surface area contributed by atoms with Crippen molar-refractivity contribution in [2.75, 3.05) is 5.01 Å². The van der Waals surface area contributed by atoms with Gasteiger partial charge < -0.3 is 4.57 Å². The molecule has 0 saturated carbocycles. The van der Waals surface area contributed by atoms with Crippen LogP contribution in [0.5, 0.6) is 0 Å². The summed E-state index contributed by atoms with van der Waals surface area (Å²) in [6, 6.07) is 17.3. The molecule has 0 spiro atoms. The molecule has 2 amide bonds. The molecule has 146 valence electrons. The Labute approximate surface area is 170 Å². The van der Waals surface area contributed by atoms with E-state index in [4.69, 9.17) is 0 Å². The van der Waals surface area contributed by atoms with Gasteiger partial charge >= 0.3 is 0 Å². The molecule has 1 aliphatic heterocycles. The van der Waals surface area contributed by atoms with Crippen molar-refractivity contribution in [1.82, 2.24) is 9.99 Å². The summed E-state index contributed by atoms with van der Waals surface area (Å²) in [6.45, 7) is 8.24. The van der Waals surface area contributed by atoms with Gasteiger partial charge in [0.05, 0.1) is 5.69 Å². The Morgan fingerprint density at radius 3 is 2.34 bits per heavy atom. The fraction of sp³-hybridized carbons (Fsp3) is 0.167. The second kappa shape index (κ2) is 7.09. The van der Waals surface area contributed by atoms with Crippen molar-refractivity contribution in [1.29, 1.82) is 0 Å². The number of hydrogen-bond donors (Lipinski definition) is 1. The van der Waals surface area contributed by atoms with Crippen LogP contribution in [0.25, 0.3) is 11.8 Å². The van der Waals surface area contributed by atoms with Crippen LogP contribution in [0.2, 0.25) is 0 Å². The van der Waals surface area contributed by atoms with Gasteiger partial charge in [-0.1, -0.05) is 30.3 Å². The lowest BCUT2D eigenvalue weighted by molar-refractivity contribution is -0.117. The molecule has 1 N–H and O–H groups in total. The van der Waals surface area contributed by atoms with Crippen LogP contribution in [0.3, 0.4) is 0 Å². The minimum Gasteiger partial charge on any atom is -0.318 e. The van der Waals surface area contributed by atoms with Crippen LogP contribution in [0.1, 0.15) is 28.1 Å². The Kier molecular flexibility index (Phi) is 4.59. The first-order valence-electron chi connectivity index (χ1n) is 9.56. The van der Waals surface area contributed by atoms with E-state index in [1.807, 2.05) is 44.2 Å². The first-order valence-corrected chi connectivity index (χ1v) is 9.56. The number of anilines is 1. The van der Waals surface area contributed by atoms with Gasteiger partial charge in [0, 0.05) is 17.1 Å². The molecule has 2 aromatic carbocycles. The number of amides is 2. The SMILES string of the molecule is Cc1cccc(-n2c(C)cc(/C=C3/C(=O)NN(c4ccccc4)C3=O)c2C)c1C. The zero-order valence-electron chi connectivity index (χ0n) is 17.0. The summed E-state index contributed by atoms with van der Waals surface area (Å²) in [5.74, 6) is -0.742. The van der Waals surface area contributed by atoms with Gasteiger partial charge in [-0.25, -0.2) is 5.01 Å². The number of nitrogens with zero attached hydrogens (tertiary/aromatic N) is 2. The second-order valence-corrected chi connectivity index (χ2v) is 7.36. The Morgan fingerprint density at radius 1 is 0.897 bits per heavy atom. The fourth-order valence-electron chi connectivity index (χ4n) is 3.75. The van der Waals surface area contributed by atoms with Gasteiger partial charge in [0.15, 0.2) is 0 Å². The standard InChI is InChI=1S/C24H23N3O2/c1-15-9-8-12-22(17(15)3)26-16(2)13-19(18(26)4)14-21-23(28)25-27(24(21)29)20-10-6-5-7-11-20/h5-14H,1-4H3,(H,25,28)/b21-14-. The van der Waals surface area contributed by atoms with Crippen molar-refractivity contribution in [2.24, 2.45) is 0 Å². The van der Waals surface area contributed by atoms with Gasteiger partial charge in [-0.3, -0.25) is 15.0 Å². The summed E-state index contributed by atoms with van der Waals surface area (Å²) in [6.07, 6.45) is 1.69. The number of hydrogen-bond acceptors (Lipinski definition) is 2. The summed E-state index contributed by atoms with van der Waals surface area (Å²) >= 11 is 0. The first-order chi connectivity index (χ1) is 13.9. The molecule has 1 aromatic heterocycles. The molecule has 1 saturated heterocycles. The smallest absolute Gasteiger partial charge is 0.282 e. The van der Waals surface area contributed by atoms with Crippen molar-refractivity contribution >= 4 is 23.6 Å². The minimum atomic E-state index is -0.393. The van der Waals surface area contributed by atoms with Crippen molar-refractivity contribution < 1.29 is 9.59 Å². The lowest BCUT2D eigenvalue weighted by Gasteiger charge is -2.14. The van der Waals surface area contributed by atoms with Crippen LogP contribution >= 0.6 is 0 Å². The summed E-state index contributed by atoms with van der Waals surface area (Å²) in [4.78, 5) is 25.4. The number of benzene rings is 2. The third-order valence-corrected chi connectivity index (χ3v) is 5.49. The highest BCUT2D eigenvalue weighted by Crippen LogP contribution is 2.28. The molecule has 0 unspecified atom stereocenters. The van der Waals surface area contributed by atoms with E-state index in [2.05, 4.69) is 36.0 Å². The van der Waals surface area contributed by atoms with Crippen LogP contribution in [-0.4, -0.2) is 16.4 Å². The van der Waals surface area contributed by atoms with E-state index in [0.29, 0.717) is 5.69 Å².